The smallest absolute Gasteiger partial charge is 0.326 e. The second-order valence-electron chi connectivity index (χ2n) is 8.49. The molecule has 34 heavy (non-hydrogen) atoms. The van der Waals surface area contributed by atoms with Gasteiger partial charge < -0.3 is 36.9 Å². The largest absolute Gasteiger partial charge is 0.480 e. The predicted octanol–water partition coefficient (Wildman–Crippen LogP) is -1.00. The Morgan fingerprint density at radius 2 is 1.74 bits per heavy atom. The molecule has 13 heteroatoms. The van der Waals surface area contributed by atoms with Crippen LogP contribution >= 0.6 is 11.8 Å². The van der Waals surface area contributed by atoms with Crippen LogP contribution in [-0.4, -0.2) is 86.2 Å². The van der Waals surface area contributed by atoms with Crippen molar-refractivity contribution in [2.24, 2.45) is 11.7 Å². The average Bonchev–Trinajstić information content (AvgIpc) is 3.26. The molecule has 12 nitrogen and oxygen atoms in total. The summed E-state index contributed by atoms with van der Waals surface area (Å²) < 4.78 is 0. The van der Waals surface area contributed by atoms with Crippen molar-refractivity contribution in [3.8, 4) is 0 Å². The van der Waals surface area contributed by atoms with Crippen LogP contribution in [0.5, 0.6) is 0 Å². The van der Waals surface area contributed by atoms with Gasteiger partial charge in [-0.1, -0.05) is 13.8 Å². The number of rotatable bonds is 15. The number of aliphatic hydroxyl groups excluding tert-OH is 1. The van der Waals surface area contributed by atoms with E-state index in [1.165, 1.54) is 19.4 Å². The van der Waals surface area contributed by atoms with Crippen LogP contribution in [0.4, 0.5) is 0 Å². The molecule has 5 atom stereocenters. The summed E-state index contributed by atoms with van der Waals surface area (Å²) in [4.78, 5) is 56.3. The maximum atomic E-state index is 13.0. The number of nitrogens with one attached hydrogen (secondary N) is 4. The summed E-state index contributed by atoms with van der Waals surface area (Å²) in [5, 5.41) is 27.0. The van der Waals surface area contributed by atoms with E-state index < -0.39 is 54.0 Å². The summed E-state index contributed by atoms with van der Waals surface area (Å²) in [6.45, 7) is 5.03. The molecule has 0 saturated carbocycles. The second kappa shape index (κ2) is 14.6. The minimum Gasteiger partial charge on any atom is -0.480 e. The summed E-state index contributed by atoms with van der Waals surface area (Å²) >= 11 is 1.55. The average molecular weight is 501 g/mol. The van der Waals surface area contributed by atoms with Crippen LogP contribution in [0.1, 0.15) is 39.3 Å². The van der Waals surface area contributed by atoms with Crippen molar-refractivity contribution in [1.29, 1.82) is 0 Å². The Balaban J connectivity index is 2.91. The van der Waals surface area contributed by atoms with E-state index in [0.717, 1.165) is 0 Å². The third-order valence-corrected chi connectivity index (χ3v) is 5.61. The number of carbonyl (C=O) groups excluding carboxylic acids is 3. The third kappa shape index (κ3) is 10.1. The highest BCUT2D eigenvalue weighted by Crippen LogP contribution is 2.08. The number of aromatic amines is 1. The highest BCUT2D eigenvalue weighted by molar-refractivity contribution is 7.98. The molecule has 0 aliphatic heterocycles. The van der Waals surface area contributed by atoms with Crippen LogP contribution in [0.25, 0.3) is 0 Å². The zero-order valence-electron chi connectivity index (χ0n) is 19.9. The van der Waals surface area contributed by atoms with E-state index >= 15 is 0 Å². The van der Waals surface area contributed by atoms with Gasteiger partial charge in [0.05, 0.1) is 18.5 Å². The second-order valence-corrected chi connectivity index (χ2v) is 9.47. The van der Waals surface area contributed by atoms with Crippen molar-refractivity contribution < 1.29 is 29.4 Å². The van der Waals surface area contributed by atoms with Gasteiger partial charge in [-0.25, -0.2) is 9.78 Å². The van der Waals surface area contributed by atoms with Crippen molar-refractivity contribution in [1.82, 2.24) is 25.9 Å². The molecule has 0 radical (unpaired) electrons. The number of amides is 3. The minimum atomic E-state index is -1.44. The molecule has 0 aliphatic rings. The summed E-state index contributed by atoms with van der Waals surface area (Å²) in [7, 11) is 0. The quantitative estimate of drug-likeness (QED) is 0.158. The number of aliphatic carboxylic acids is 1. The molecule has 1 aromatic heterocycles. The van der Waals surface area contributed by atoms with E-state index in [9.17, 15) is 29.4 Å². The fraction of sp³-hybridized carbons (Fsp3) is 0.667. The fourth-order valence-electron chi connectivity index (χ4n) is 3.09. The van der Waals surface area contributed by atoms with Crippen molar-refractivity contribution >= 4 is 35.5 Å². The molecule has 0 spiro atoms. The topological polar surface area (TPSA) is 200 Å². The van der Waals surface area contributed by atoms with Crippen LogP contribution in [0.2, 0.25) is 0 Å². The number of nitrogens with zero attached hydrogens (tertiary/aromatic N) is 1. The first-order valence-corrected chi connectivity index (χ1v) is 12.4. The first-order chi connectivity index (χ1) is 16.0. The van der Waals surface area contributed by atoms with Crippen LogP contribution in [-0.2, 0) is 25.6 Å². The molecule has 5 unspecified atom stereocenters. The lowest BCUT2D eigenvalue weighted by Gasteiger charge is -2.27. The number of H-pyrrole nitrogens is 1. The number of nitrogens with two attached hydrogens (primary N) is 1. The molecule has 1 rings (SSSR count). The Labute approximate surface area is 203 Å². The van der Waals surface area contributed by atoms with E-state index in [1.54, 1.807) is 11.8 Å². The van der Waals surface area contributed by atoms with Crippen molar-refractivity contribution in [3.05, 3.63) is 18.2 Å². The zero-order valence-corrected chi connectivity index (χ0v) is 20.7. The van der Waals surface area contributed by atoms with E-state index in [4.69, 9.17) is 5.73 Å². The van der Waals surface area contributed by atoms with Crippen molar-refractivity contribution in [2.45, 2.75) is 70.3 Å². The maximum Gasteiger partial charge on any atom is 0.326 e. The summed E-state index contributed by atoms with van der Waals surface area (Å²) in [6.07, 6.45) is 4.02. The van der Waals surface area contributed by atoms with Gasteiger partial charge in [-0.2, -0.15) is 11.8 Å². The molecule has 0 fully saturated rings. The van der Waals surface area contributed by atoms with E-state index in [-0.39, 0.29) is 18.8 Å². The van der Waals surface area contributed by atoms with Gasteiger partial charge in [-0.05, 0) is 37.7 Å². The maximum absolute atomic E-state index is 13.0. The Morgan fingerprint density at radius 3 is 2.24 bits per heavy atom. The molecule has 0 aromatic carbocycles. The fourth-order valence-corrected chi connectivity index (χ4v) is 3.58. The van der Waals surface area contributed by atoms with Gasteiger partial charge in [0.25, 0.3) is 0 Å². The zero-order chi connectivity index (χ0) is 25.8. The van der Waals surface area contributed by atoms with Crippen LogP contribution in [0.15, 0.2) is 12.5 Å². The molecule has 8 N–H and O–H groups in total. The summed E-state index contributed by atoms with van der Waals surface area (Å²) in [6, 6.07) is -4.52. The molecular formula is C21H36N6O6S. The molecule has 192 valence electrons. The van der Waals surface area contributed by atoms with Gasteiger partial charge in [0.1, 0.15) is 18.1 Å². The van der Waals surface area contributed by atoms with Crippen LogP contribution < -0.4 is 21.7 Å². The number of carboxylic acid groups (broad SMARTS) is 1. The van der Waals surface area contributed by atoms with Gasteiger partial charge in [0.2, 0.25) is 17.7 Å². The Morgan fingerprint density at radius 1 is 1.09 bits per heavy atom. The standard InChI is InChI=1S/C21H36N6O6S/c1-11(2)7-15(25-18(29)14(22)5-6-34-4)19(30)27-17(12(3)28)20(31)26-16(21(32)33)8-13-9-23-10-24-13/h9-12,14-17,28H,5-8,22H2,1-4H3,(H,23,24)(H,25,29)(H,26,31)(H,27,30)(H,32,33). The Bertz CT molecular complexity index is 804. The van der Waals surface area contributed by atoms with Gasteiger partial charge in [0, 0.05) is 18.3 Å². The van der Waals surface area contributed by atoms with E-state index in [2.05, 4.69) is 25.9 Å². The minimum absolute atomic E-state index is 0.0306. The lowest BCUT2D eigenvalue weighted by Crippen LogP contribution is -2.60. The van der Waals surface area contributed by atoms with Crippen LogP contribution in [0.3, 0.4) is 0 Å². The Kier molecular flexibility index (Phi) is 12.6. The van der Waals surface area contributed by atoms with E-state index in [1.807, 2.05) is 20.1 Å². The lowest BCUT2D eigenvalue weighted by atomic mass is 10.0. The lowest BCUT2D eigenvalue weighted by molar-refractivity contribution is -0.143. The number of aliphatic hydroxyl groups is 1. The SMILES string of the molecule is CSCCC(N)C(=O)NC(CC(C)C)C(=O)NC(C(=O)NC(Cc1cnc[nH]1)C(=O)O)C(C)O. The Hall–Kier alpha value is -2.64. The first-order valence-electron chi connectivity index (χ1n) is 11.0. The van der Waals surface area contributed by atoms with E-state index in [0.29, 0.717) is 17.9 Å². The third-order valence-electron chi connectivity index (χ3n) is 4.97. The molecule has 0 bridgehead atoms. The van der Waals surface area contributed by atoms with Gasteiger partial charge in [-0.15, -0.1) is 0 Å². The molecule has 0 aliphatic carbocycles. The summed E-state index contributed by atoms with van der Waals surface area (Å²) in [5.41, 5.74) is 6.38. The van der Waals surface area contributed by atoms with Crippen LogP contribution in [0, 0.1) is 5.92 Å². The molecule has 1 heterocycles. The molecule has 0 saturated heterocycles. The highest BCUT2D eigenvalue weighted by Gasteiger charge is 2.33. The number of carbonyl (C=O) groups is 4. The van der Waals surface area contributed by atoms with Gasteiger partial charge in [0.15, 0.2) is 0 Å². The number of imidazole rings is 1. The number of thioether (sulfide) groups is 1. The number of hydrogen-bond donors (Lipinski definition) is 7. The van der Waals surface area contributed by atoms with Gasteiger partial charge >= 0.3 is 5.97 Å². The highest BCUT2D eigenvalue weighted by atomic mass is 32.2. The number of aromatic nitrogens is 2. The van der Waals surface area contributed by atoms with Crippen molar-refractivity contribution in [2.75, 3.05) is 12.0 Å². The number of carboxylic acids is 1. The number of hydrogen-bond acceptors (Lipinski definition) is 8. The monoisotopic (exact) mass is 500 g/mol. The normalized spacial score (nSPS) is 15.6. The molecule has 1 aromatic rings. The molecule has 3 amide bonds. The predicted molar refractivity (Wildman–Crippen MR) is 128 cm³/mol. The summed E-state index contributed by atoms with van der Waals surface area (Å²) in [5.74, 6) is -2.62. The van der Waals surface area contributed by atoms with Gasteiger partial charge in [-0.3, -0.25) is 14.4 Å². The van der Waals surface area contributed by atoms with Crippen molar-refractivity contribution in [3.63, 3.8) is 0 Å². The molecular weight excluding hydrogens is 464 g/mol. The first kappa shape index (κ1) is 29.4.